The SMILES string of the molecule is CCCC(NC(=O)CCc1ccccc1O)C(=O)O. The minimum atomic E-state index is -1.02. The molecule has 0 aliphatic heterocycles. The normalized spacial score (nSPS) is 11.8. The molecule has 1 atom stereocenters. The van der Waals surface area contributed by atoms with Crippen molar-refractivity contribution in [3.8, 4) is 5.75 Å². The largest absolute Gasteiger partial charge is 0.508 e. The van der Waals surface area contributed by atoms with Crippen molar-refractivity contribution in [2.24, 2.45) is 0 Å². The minimum Gasteiger partial charge on any atom is -0.508 e. The van der Waals surface area contributed by atoms with Crippen LogP contribution in [0.5, 0.6) is 5.75 Å². The molecule has 1 unspecified atom stereocenters. The molecule has 0 fully saturated rings. The number of hydrogen-bond acceptors (Lipinski definition) is 3. The first-order valence-electron chi connectivity index (χ1n) is 6.33. The molecule has 0 spiro atoms. The zero-order valence-electron chi connectivity index (χ0n) is 10.9. The lowest BCUT2D eigenvalue weighted by molar-refractivity contribution is -0.142. The molecule has 0 saturated heterocycles. The van der Waals surface area contributed by atoms with E-state index in [1.807, 2.05) is 6.92 Å². The van der Waals surface area contributed by atoms with Gasteiger partial charge in [0.1, 0.15) is 11.8 Å². The molecule has 19 heavy (non-hydrogen) atoms. The quantitative estimate of drug-likeness (QED) is 0.700. The molecule has 3 N–H and O–H groups in total. The fourth-order valence-electron chi connectivity index (χ4n) is 1.78. The lowest BCUT2D eigenvalue weighted by Gasteiger charge is -2.13. The van der Waals surface area contributed by atoms with Gasteiger partial charge in [-0.2, -0.15) is 0 Å². The molecule has 5 nitrogen and oxygen atoms in total. The number of hydrogen-bond donors (Lipinski definition) is 3. The predicted octanol–water partition coefficient (Wildman–Crippen LogP) is 1.69. The molecule has 1 amide bonds. The van der Waals surface area contributed by atoms with E-state index in [1.54, 1.807) is 24.3 Å². The summed E-state index contributed by atoms with van der Waals surface area (Å²) in [5.74, 6) is -1.18. The van der Waals surface area contributed by atoms with E-state index in [0.717, 1.165) is 0 Å². The van der Waals surface area contributed by atoms with Crippen molar-refractivity contribution in [1.29, 1.82) is 0 Å². The van der Waals surface area contributed by atoms with Gasteiger partial charge >= 0.3 is 5.97 Å². The number of carbonyl (C=O) groups excluding carboxylic acids is 1. The highest BCUT2D eigenvalue weighted by Crippen LogP contribution is 2.17. The highest BCUT2D eigenvalue weighted by atomic mass is 16.4. The van der Waals surface area contributed by atoms with Crippen molar-refractivity contribution in [2.45, 2.75) is 38.6 Å². The van der Waals surface area contributed by atoms with E-state index in [0.29, 0.717) is 24.8 Å². The summed E-state index contributed by atoms with van der Waals surface area (Å²) in [5, 5.41) is 21.0. The van der Waals surface area contributed by atoms with Crippen LogP contribution in [0, 0.1) is 0 Å². The number of phenolic OH excluding ortho intramolecular Hbond substituents is 1. The number of aryl methyl sites for hydroxylation is 1. The van der Waals surface area contributed by atoms with Gasteiger partial charge in [0.05, 0.1) is 0 Å². The molecule has 0 aliphatic carbocycles. The first-order chi connectivity index (χ1) is 9.04. The van der Waals surface area contributed by atoms with Crippen LogP contribution < -0.4 is 5.32 Å². The van der Waals surface area contributed by atoms with Gasteiger partial charge in [0.25, 0.3) is 0 Å². The number of carboxylic acids is 1. The third kappa shape index (κ3) is 4.99. The number of rotatable bonds is 7. The van der Waals surface area contributed by atoms with Crippen LogP contribution in [0.25, 0.3) is 0 Å². The van der Waals surface area contributed by atoms with Gasteiger partial charge in [0.15, 0.2) is 0 Å². The molecule has 5 heteroatoms. The average Bonchev–Trinajstić information content (AvgIpc) is 2.37. The van der Waals surface area contributed by atoms with Gasteiger partial charge < -0.3 is 15.5 Å². The lowest BCUT2D eigenvalue weighted by atomic mass is 10.1. The zero-order chi connectivity index (χ0) is 14.3. The summed E-state index contributed by atoms with van der Waals surface area (Å²) in [6, 6.07) is 5.96. The number of benzene rings is 1. The van der Waals surface area contributed by atoms with Crippen LogP contribution in [0.4, 0.5) is 0 Å². The molecule has 0 aliphatic rings. The Labute approximate surface area is 112 Å². The Morgan fingerprint density at radius 3 is 2.58 bits per heavy atom. The molecular weight excluding hydrogens is 246 g/mol. The molecule has 104 valence electrons. The van der Waals surface area contributed by atoms with Gasteiger partial charge in [0.2, 0.25) is 5.91 Å². The van der Waals surface area contributed by atoms with Crippen LogP contribution in [-0.2, 0) is 16.0 Å². The zero-order valence-corrected chi connectivity index (χ0v) is 10.9. The Hall–Kier alpha value is -2.04. The van der Waals surface area contributed by atoms with Crippen molar-refractivity contribution in [1.82, 2.24) is 5.32 Å². The van der Waals surface area contributed by atoms with E-state index in [9.17, 15) is 14.7 Å². The Morgan fingerprint density at radius 1 is 1.32 bits per heavy atom. The van der Waals surface area contributed by atoms with E-state index in [2.05, 4.69) is 5.32 Å². The van der Waals surface area contributed by atoms with Gasteiger partial charge in [-0.15, -0.1) is 0 Å². The second-order valence-electron chi connectivity index (χ2n) is 4.38. The van der Waals surface area contributed by atoms with Gasteiger partial charge in [-0.1, -0.05) is 31.5 Å². The summed E-state index contributed by atoms with van der Waals surface area (Å²) in [6.45, 7) is 1.87. The highest BCUT2D eigenvalue weighted by molar-refractivity contribution is 5.83. The Kier molecular flexibility index (Phi) is 5.85. The van der Waals surface area contributed by atoms with E-state index < -0.39 is 12.0 Å². The number of aliphatic carboxylic acids is 1. The maximum Gasteiger partial charge on any atom is 0.326 e. The van der Waals surface area contributed by atoms with E-state index in [-0.39, 0.29) is 18.1 Å². The second-order valence-corrected chi connectivity index (χ2v) is 4.38. The topological polar surface area (TPSA) is 86.6 Å². The summed E-state index contributed by atoms with van der Waals surface area (Å²) < 4.78 is 0. The predicted molar refractivity (Wildman–Crippen MR) is 70.9 cm³/mol. The third-order valence-electron chi connectivity index (χ3n) is 2.82. The van der Waals surface area contributed by atoms with Crippen LogP contribution >= 0.6 is 0 Å². The van der Waals surface area contributed by atoms with Crippen molar-refractivity contribution in [3.05, 3.63) is 29.8 Å². The fraction of sp³-hybridized carbons (Fsp3) is 0.429. The molecule has 0 aromatic heterocycles. The van der Waals surface area contributed by atoms with E-state index >= 15 is 0 Å². The highest BCUT2D eigenvalue weighted by Gasteiger charge is 2.18. The minimum absolute atomic E-state index is 0.152. The molecule has 1 aromatic rings. The van der Waals surface area contributed by atoms with Crippen LogP contribution in [0.1, 0.15) is 31.7 Å². The van der Waals surface area contributed by atoms with Crippen molar-refractivity contribution < 1.29 is 19.8 Å². The van der Waals surface area contributed by atoms with Crippen LogP contribution in [-0.4, -0.2) is 28.1 Å². The number of carboxylic acid groups (broad SMARTS) is 1. The number of nitrogens with one attached hydrogen (secondary N) is 1. The molecule has 0 saturated carbocycles. The maximum absolute atomic E-state index is 11.7. The molecule has 1 aromatic carbocycles. The average molecular weight is 265 g/mol. The van der Waals surface area contributed by atoms with Crippen molar-refractivity contribution >= 4 is 11.9 Å². The number of amides is 1. The molecule has 0 heterocycles. The first-order valence-corrected chi connectivity index (χ1v) is 6.33. The summed E-state index contributed by atoms with van der Waals surface area (Å²) in [5.41, 5.74) is 0.681. The van der Waals surface area contributed by atoms with Crippen molar-refractivity contribution in [2.75, 3.05) is 0 Å². The summed E-state index contributed by atoms with van der Waals surface area (Å²) in [6.07, 6.45) is 1.65. The molecule has 0 bridgehead atoms. The Bertz CT molecular complexity index is 445. The number of carbonyl (C=O) groups is 2. The van der Waals surface area contributed by atoms with E-state index in [1.165, 1.54) is 0 Å². The number of aromatic hydroxyl groups is 1. The van der Waals surface area contributed by atoms with Crippen LogP contribution in [0.2, 0.25) is 0 Å². The second kappa shape index (κ2) is 7.41. The van der Waals surface area contributed by atoms with Crippen LogP contribution in [0.15, 0.2) is 24.3 Å². The number of para-hydroxylation sites is 1. The summed E-state index contributed by atoms with van der Waals surface area (Å²) >= 11 is 0. The molecule has 1 rings (SSSR count). The van der Waals surface area contributed by atoms with Gasteiger partial charge in [-0.3, -0.25) is 4.79 Å². The molecular formula is C14H19NO4. The lowest BCUT2D eigenvalue weighted by Crippen LogP contribution is -2.40. The molecule has 0 radical (unpaired) electrons. The Morgan fingerprint density at radius 2 is 2.00 bits per heavy atom. The van der Waals surface area contributed by atoms with Crippen LogP contribution in [0.3, 0.4) is 0 Å². The standard InChI is InChI=1S/C14H19NO4/c1-2-5-11(14(18)19)15-13(17)9-8-10-6-3-4-7-12(10)16/h3-4,6-7,11,16H,2,5,8-9H2,1H3,(H,15,17)(H,18,19). The first kappa shape index (κ1) is 15.0. The summed E-state index contributed by atoms with van der Waals surface area (Å²) in [4.78, 5) is 22.6. The van der Waals surface area contributed by atoms with Gasteiger partial charge in [-0.05, 0) is 24.5 Å². The third-order valence-corrected chi connectivity index (χ3v) is 2.82. The Balaban J connectivity index is 2.47. The summed E-state index contributed by atoms with van der Waals surface area (Å²) in [7, 11) is 0. The van der Waals surface area contributed by atoms with Crippen molar-refractivity contribution in [3.63, 3.8) is 0 Å². The smallest absolute Gasteiger partial charge is 0.326 e. The fourth-order valence-corrected chi connectivity index (χ4v) is 1.78. The monoisotopic (exact) mass is 265 g/mol. The van der Waals surface area contributed by atoms with Gasteiger partial charge in [0, 0.05) is 6.42 Å². The van der Waals surface area contributed by atoms with E-state index in [4.69, 9.17) is 5.11 Å². The van der Waals surface area contributed by atoms with Gasteiger partial charge in [-0.25, -0.2) is 4.79 Å². The maximum atomic E-state index is 11.7. The number of phenols is 1.